The van der Waals surface area contributed by atoms with Crippen molar-refractivity contribution in [2.45, 2.75) is 24.9 Å². The first-order chi connectivity index (χ1) is 11.2. The topological polar surface area (TPSA) is 20.3 Å². The van der Waals surface area contributed by atoms with Crippen molar-refractivity contribution < 1.29 is 18.0 Å². The first-order valence-corrected chi connectivity index (χ1v) is 8.41. The highest BCUT2D eigenvalue weighted by molar-refractivity contribution is 7.99. The van der Waals surface area contributed by atoms with Crippen LogP contribution >= 0.6 is 11.8 Å². The highest BCUT2D eigenvalue weighted by atomic mass is 32.2. The Hall–Kier alpha value is -1.95. The van der Waals surface area contributed by atoms with Gasteiger partial charge in [0.25, 0.3) is 5.91 Å². The number of benzene rings is 2. The van der Waals surface area contributed by atoms with Crippen molar-refractivity contribution in [3.05, 3.63) is 59.2 Å². The van der Waals surface area contributed by atoms with Gasteiger partial charge in [0.1, 0.15) is 0 Å². The van der Waals surface area contributed by atoms with Crippen LogP contribution in [-0.4, -0.2) is 18.7 Å². The summed E-state index contributed by atoms with van der Waals surface area (Å²) >= 11 is 1.23. The minimum absolute atomic E-state index is 0.276. The smallest absolute Gasteiger partial charge is 0.311 e. The molecule has 0 radical (unpaired) electrons. The van der Waals surface area contributed by atoms with Crippen molar-refractivity contribution in [2.24, 2.45) is 0 Å². The molecule has 0 saturated carbocycles. The Morgan fingerprint density at radius 1 is 1.12 bits per heavy atom. The molecule has 6 heteroatoms. The molecule has 0 fully saturated rings. The third-order valence-electron chi connectivity index (χ3n) is 3.57. The standard InChI is InChI=1S/C18H18F3NOS/c1-4-24-16-11-13(18(19,20)21)7-10-15(16)17(23)22(3)14-8-5-12(2)6-9-14/h5-11H,4H2,1-3H3. The van der Waals surface area contributed by atoms with E-state index in [0.717, 1.165) is 17.7 Å². The zero-order valence-corrected chi connectivity index (χ0v) is 14.5. The quantitative estimate of drug-likeness (QED) is 0.686. The van der Waals surface area contributed by atoms with Gasteiger partial charge in [0.05, 0.1) is 11.1 Å². The molecule has 2 aromatic carbocycles. The fourth-order valence-electron chi connectivity index (χ4n) is 2.22. The summed E-state index contributed by atoms with van der Waals surface area (Å²) in [5.74, 6) is 0.249. The number of alkyl halides is 3. The van der Waals surface area contributed by atoms with Gasteiger partial charge in [-0.2, -0.15) is 13.2 Å². The predicted molar refractivity (Wildman–Crippen MR) is 91.8 cm³/mol. The van der Waals surface area contributed by atoms with E-state index in [9.17, 15) is 18.0 Å². The van der Waals surface area contributed by atoms with E-state index in [1.165, 1.54) is 22.7 Å². The summed E-state index contributed by atoms with van der Waals surface area (Å²) in [6.07, 6.45) is -4.42. The summed E-state index contributed by atoms with van der Waals surface area (Å²) in [6.45, 7) is 3.78. The maximum atomic E-state index is 12.9. The number of carbonyl (C=O) groups is 1. The maximum Gasteiger partial charge on any atom is 0.416 e. The number of rotatable bonds is 4. The molecule has 2 aromatic rings. The van der Waals surface area contributed by atoms with E-state index in [0.29, 0.717) is 16.3 Å². The molecule has 0 aliphatic heterocycles. The fraction of sp³-hybridized carbons (Fsp3) is 0.278. The maximum absolute atomic E-state index is 12.9. The molecule has 0 unspecified atom stereocenters. The first-order valence-electron chi connectivity index (χ1n) is 7.42. The average molecular weight is 353 g/mol. The second-order valence-corrected chi connectivity index (χ2v) is 6.65. The lowest BCUT2D eigenvalue weighted by Gasteiger charge is -2.20. The molecule has 0 saturated heterocycles. The molecule has 2 rings (SSSR count). The SMILES string of the molecule is CCSc1cc(C(F)(F)F)ccc1C(=O)N(C)c1ccc(C)cc1. The number of anilines is 1. The van der Waals surface area contributed by atoms with Crippen molar-refractivity contribution in [3.8, 4) is 0 Å². The monoisotopic (exact) mass is 353 g/mol. The lowest BCUT2D eigenvalue weighted by molar-refractivity contribution is -0.137. The van der Waals surface area contributed by atoms with E-state index in [1.54, 1.807) is 7.05 Å². The molecule has 0 atom stereocenters. The van der Waals surface area contributed by atoms with Crippen LogP contribution in [0.25, 0.3) is 0 Å². The van der Waals surface area contributed by atoms with Gasteiger partial charge in [-0.3, -0.25) is 4.79 Å². The number of hydrogen-bond acceptors (Lipinski definition) is 2. The molecule has 0 spiro atoms. The number of carbonyl (C=O) groups excluding carboxylic acids is 1. The Morgan fingerprint density at radius 3 is 2.29 bits per heavy atom. The fourth-order valence-corrected chi connectivity index (χ4v) is 3.05. The van der Waals surface area contributed by atoms with Gasteiger partial charge < -0.3 is 4.90 Å². The Bertz CT molecular complexity index is 726. The normalized spacial score (nSPS) is 11.4. The van der Waals surface area contributed by atoms with Gasteiger partial charge in [0.15, 0.2) is 0 Å². The molecule has 0 bridgehead atoms. The van der Waals surface area contributed by atoms with Gasteiger partial charge in [-0.1, -0.05) is 24.6 Å². The van der Waals surface area contributed by atoms with Crippen LogP contribution in [0, 0.1) is 6.92 Å². The minimum Gasteiger partial charge on any atom is -0.311 e. The van der Waals surface area contributed by atoms with Crippen molar-refractivity contribution in [1.82, 2.24) is 0 Å². The minimum atomic E-state index is -4.42. The highest BCUT2D eigenvalue weighted by Gasteiger charge is 2.31. The van der Waals surface area contributed by atoms with Gasteiger partial charge in [-0.05, 0) is 43.0 Å². The largest absolute Gasteiger partial charge is 0.416 e. The van der Waals surface area contributed by atoms with E-state index in [2.05, 4.69) is 0 Å². The summed E-state index contributed by atoms with van der Waals surface area (Å²) < 4.78 is 38.7. The van der Waals surface area contributed by atoms with E-state index in [-0.39, 0.29) is 11.5 Å². The van der Waals surface area contributed by atoms with Crippen molar-refractivity contribution in [3.63, 3.8) is 0 Å². The Labute approximate surface area is 143 Å². The van der Waals surface area contributed by atoms with Gasteiger partial charge >= 0.3 is 6.18 Å². The van der Waals surface area contributed by atoms with Crippen LogP contribution in [0.15, 0.2) is 47.4 Å². The third-order valence-corrected chi connectivity index (χ3v) is 4.50. The Balaban J connectivity index is 2.38. The van der Waals surface area contributed by atoms with E-state index in [1.807, 2.05) is 38.1 Å². The van der Waals surface area contributed by atoms with Crippen LogP contribution in [0.2, 0.25) is 0 Å². The van der Waals surface area contributed by atoms with Gasteiger partial charge in [0.2, 0.25) is 0 Å². The number of nitrogens with zero attached hydrogens (tertiary/aromatic N) is 1. The van der Waals surface area contributed by atoms with Gasteiger partial charge in [-0.15, -0.1) is 11.8 Å². The average Bonchev–Trinajstić information content (AvgIpc) is 2.53. The molecule has 0 aliphatic rings. The predicted octanol–water partition coefficient (Wildman–Crippen LogP) is 5.40. The molecule has 128 valence electrons. The van der Waals surface area contributed by atoms with Crippen molar-refractivity contribution in [2.75, 3.05) is 17.7 Å². The first kappa shape index (κ1) is 18.4. The molecule has 2 nitrogen and oxygen atoms in total. The molecule has 0 aromatic heterocycles. The van der Waals surface area contributed by atoms with Crippen molar-refractivity contribution in [1.29, 1.82) is 0 Å². The van der Waals surface area contributed by atoms with Crippen LogP contribution in [0.4, 0.5) is 18.9 Å². The Morgan fingerprint density at radius 2 is 1.75 bits per heavy atom. The summed E-state index contributed by atoms with van der Waals surface area (Å²) in [4.78, 5) is 14.5. The van der Waals surface area contributed by atoms with Gasteiger partial charge in [0, 0.05) is 17.6 Å². The zero-order valence-electron chi connectivity index (χ0n) is 13.6. The summed E-state index contributed by atoms with van der Waals surface area (Å²) in [5, 5.41) is 0. The zero-order chi connectivity index (χ0) is 17.9. The number of halogens is 3. The van der Waals surface area contributed by atoms with E-state index >= 15 is 0 Å². The second kappa shape index (κ2) is 7.30. The molecule has 24 heavy (non-hydrogen) atoms. The lowest BCUT2D eigenvalue weighted by atomic mass is 10.1. The number of aryl methyl sites for hydroxylation is 1. The highest BCUT2D eigenvalue weighted by Crippen LogP contribution is 2.34. The lowest BCUT2D eigenvalue weighted by Crippen LogP contribution is -2.27. The molecular weight excluding hydrogens is 335 g/mol. The number of amides is 1. The molecule has 0 aliphatic carbocycles. The molecule has 0 heterocycles. The molecule has 0 N–H and O–H groups in total. The number of thioether (sulfide) groups is 1. The Kier molecular flexibility index (Phi) is 5.59. The molecular formula is C18H18F3NOS. The van der Waals surface area contributed by atoms with E-state index in [4.69, 9.17) is 0 Å². The summed E-state index contributed by atoms with van der Waals surface area (Å²) in [7, 11) is 1.62. The van der Waals surface area contributed by atoms with Crippen LogP contribution < -0.4 is 4.90 Å². The van der Waals surface area contributed by atoms with Crippen LogP contribution in [0.5, 0.6) is 0 Å². The van der Waals surface area contributed by atoms with Crippen LogP contribution in [0.3, 0.4) is 0 Å². The summed E-state index contributed by atoms with van der Waals surface area (Å²) in [5.41, 5.74) is 1.29. The van der Waals surface area contributed by atoms with Gasteiger partial charge in [-0.25, -0.2) is 0 Å². The molecule has 1 amide bonds. The van der Waals surface area contributed by atoms with E-state index < -0.39 is 11.7 Å². The van der Waals surface area contributed by atoms with Crippen LogP contribution in [-0.2, 0) is 6.18 Å². The van der Waals surface area contributed by atoms with Crippen molar-refractivity contribution >= 4 is 23.4 Å². The third kappa shape index (κ3) is 4.12. The number of hydrogen-bond donors (Lipinski definition) is 0. The second-order valence-electron chi connectivity index (χ2n) is 5.34. The van der Waals surface area contributed by atoms with Crippen LogP contribution in [0.1, 0.15) is 28.4 Å². The summed E-state index contributed by atoms with van der Waals surface area (Å²) in [6, 6.07) is 10.6.